The fourth-order valence-electron chi connectivity index (χ4n) is 2.52. The minimum Gasteiger partial charge on any atom is -0.741 e. The lowest BCUT2D eigenvalue weighted by Crippen LogP contribution is -2.21. The summed E-state index contributed by atoms with van der Waals surface area (Å²) in [6.45, 7) is 3.66. The largest absolute Gasteiger partial charge is 0.741 e. The van der Waals surface area contributed by atoms with Crippen molar-refractivity contribution < 1.29 is 39.3 Å². The molecule has 2 aromatic carbocycles. The maximum absolute atomic E-state index is 13.4. The van der Waals surface area contributed by atoms with Crippen LogP contribution in [0.5, 0.6) is 0 Å². The summed E-state index contributed by atoms with van der Waals surface area (Å²) in [6.07, 6.45) is 0. The first-order chi connectivity index (χ1) is 12.1. The van der Waals surface area contributed by atoms with Gasteiger partial charge in [0.05, 0.1) is 0 Å². The lowest BCUT2D eigenvalue weighted by Gasteiger charge is -2.08. The van der Waals surface area contributed by atoms with Crippen molar-refractivity contribution in [3.63, 3.8) is 0 Å². The Morgan fingerprint density at radius 2 is 1.48 bits per heavy atom. The molecule has 0 aliphatic carbocycles. The molecule has 11 heteroatoms. The normalized spacial score (nSPS) is 13.6. The van der Waals surface area contributed by atoms with Crippen molar-refractivity contribution in [2.45, 2.75) is 24.9 Å². The van der Waals surface area contributed by atoms with E-state index in [-0.39, 0.29) is 0 Å². The van der Waals surface area contributed by atoms with E-state index in [9.17, 15) is 26.3 Å². The molecular formula is C16H12F6O3S2. The minimum atomic E-state index is -6.09. The highest BCUT2D eigenvalue weighted by atomic mass is 32.2. The van der Waals surface area contributed by atoms with Crippen molar-refractivity contribution >= 4 is 40.8 Å². The van der Waals surface area contributed by atoms with Gasteiger partial charge in [-0.3, -0.25) is 0 Å². The Hall–Kier alpha value is -1.85. The van der Waals surface area contributed by atoms with E-state index in [1.807, 2.05) is 19.1 Å². The van der Waals surface area contributed by atoms with E-state index in [0.717, 1.165) is 16.3 Å². The van der Waals surface area contributed by atoms with Crippen LogP contribution in [0, 0.1) is 13.8 Å². The fraction of sp³-hybridized carbons (Fsp3) is 0.250. The lowest BCUT2D eigenvalue weighted by atomic mass is 10.1. The highest BCUT2D eigenvalue weighted by Crippen LogP contribution is 2.54. The van der Waals surface area contributed by atoms with Crippen LogP contribution in [0.3, 0.4) is 0 Å². The number of rotatable bonds is 0. The van der Waals surface area contributed by atoms with Gasteiger partial charge >= 0.3 is 11.0 Å². The van der Waals surface area contributed by atoms with Gasteiger partial charge in [-0.2, -0.15) is 13.2 Å². The molecule has 3 rings (SSSR count). The Balaban J connectivity index is 0.000000279. The third kappa shape index (κ3) is 4.36. The number of thiophene rings is 1. The van der Waals surface area contributed by atoms with E-state index < -0.39 is 31.6 Å². The molecule has 148 valence electrons. The van der Waals surface area contributed by atoms with Crippen LogP contribution in [0.4, 0.5) is 26.3 Å². The summed E-state index contributed by atoms with van der Waals surface area (Å²) in [5.74, 6) is 0. The topological polar surface area (TPSA) is 57.2 Å². The fourth-order valence-corrected chi connectivity index (χ4v) is 4.60. The molecule has 0 saturated heterocycles. The summed E-state index contributed by atoms with van der Waals surface area (Å²) >= 11 is 0. The predicted molar refractivity (Wildman–Crippen MR) is 90.5 cm³/mol. The summed E-state index contributed by atoms with van der Waals surface area (Å²) in [7, 11) is -7.90. The van der Waals surface area contributed by atoms with Crippen molar-refractivity contribution in [3.8, 4) is 0 Å². The summed E-state index contributed by atoms with van der Waals surface area (Å²) in [6, 6.07) is 10.6. The van der Waals surface area contributed by atoms with Gasteiger partial charge in [0.25, 0.3) is 0 Å². The number of fused-ring (bicyclic) bond motifs is 3. The van der Waals surface area contributed by atoms with E-state index >= 15 is 0 Å². The van der Waals surface area contributed by atoms with Gasteiger partial charge < -0.3 is 4.55 Å². The van der Waals surface area contributed by atoms with Gasteiger partial charge in [0.1, 0.15) is 10.5 Å². The van der Waals surface area contributed by atoms with E-state index in [0.29, 0.717) is 15.0 Å². The summed E-state index contributed by atoms with van der Waals surface area (Å²) in [4.78, 5) is 0. The first kappa shape index (κ1) is 21.5. The second-order valence-electron chi connectivity index (χ2n) is 5.60. The van der Waals surface area contributed by atoms with Gasteiger partial charge in [0.2, 0.25) is 0 Å². The van der Waals surface area contributed by atoms with Gasteiger partial charge in [0.15, 0.2) is 19.5 Å². The van der Waals surface area contributed by atoms with Crippen LogP contribution in [0.25, 0.3) is 20.2 Å². The smallest absolute Gasteiger partial charge is 0.601 e. The predicted octanol–water partition coefficient (Wildman–Crippen LogP) is 5.89. The first-order valence-corrected chi connectivity index (χ1v) is 9.82. The Bertz CT molecular complexity index is 1100. The average Bonchev–Trinajstić information content (AvgIpc) is 2.81. The average molecular weight is 430 g/mol. The number of alkyl halides is 6. The van der Waals surface area contributed by atoms with E-state index in [4.69, 9.17) is 13.0 Å². The molecule has 0 N–H and O–H groups in total. The highest BCUT2D eigenvalue weighted by molar-refractivity contribution is 7.86. The van der Waals surface area contributed by atoms with Crippen LogP contribution >= 0.6 is 10.5 Å². The Morgan fingerprint density at radius 3 is 1.96 bits per heavy atom. The van der Waals surface area contributed by atoms with Gasteiger partial charge in [0, 0.05) is 16.3 Å². The number of halogens is 6. The number of hydrogen-bond acceptors (Lipinski definition) is 3. The van der Waals surface area contributed by atoms with Crippen LogP contribution in [0.1, 0.15) is 11.1 Å². The molecule has 0 radical (unpaired) electrons. The summed E-state index contributed by atoms with van der Waals surface area (Å²) in [5.41, 5.74) is -8.17. The molecule has 0 spiro atoms. The van der Waals surface area contributed by atoms with Gasteiger partial charge in [-0.25, -0.2) is 8.42 Å². The van der Waals surface area contributed by atoms with Gasteiger partial charge in [-0.05, 0) is 32.0 Å². The van der Waals surface area contributed by atoms with Crippen LogP contribution in [-0.2, 0) is 15.6 Å². The van der Waals surface area contributed by atoms with Crippen LogP contribution < -0.4 is 0 Å². The maximum Gasteiger partial charge on any atom is 0.601 e. The Labute approximate surface area is 152 Å². The molecule has 0 aliphatic heterocycles. The van der Waals surface area contributed by atoms with Crippen LogP contribution in [-0.4, -0.2) is 18.5 Å². The third-order valence-corrected chi connectivity index (χ3v) is 6.35. The van der Waals surface area contributed by atoms with Crippen molar-refractivity contribution in [1.82, 2.24) is 0 Å². The van der Waals surface area contributed by atoms with Crippen molar-refractivity contribution in [2.24, 2.45) is 0 Å². The molecule has 3 aromatic rings. The molecule has 0 aliphatic rings. The molecule has 1 atom stereocenters. The lowest BCUT2D eigenvalue weighted by molar-refractivity contribution is -0.0863. The molecule has 3 nitrogen and oxygen atoms in total. The quantitative estimate of drug-likeness (QED) is 0.194. The Kier molecular flexibility index (Phi) is 5.52. The van der Waals surface area contributed by atoms with Crippen molar-refractivity contribution in [1.29, 1.82) is 0 Å². The maximum atomic E-state index is 13.4. The zero-order valence-electron chi connectivity index (χ0n) is 13.8. The summed E-state index contributed by atoms with van der Waals surface area (Å²) in [5, 5.41) is 1.47. The molecule has 0 bridgehead atoms. The molecule has 27 heavy (non-hydrogen) atoms. The van der Waals surface area contributed by atoms with Crippen molar-refractivity contribution in [3.05, 3.63) is 47.5 Å². The number of hydrogen-bond donors (Lipinski definition) is 0. The molecular weight excluding hydrogens is 418 g/mol. The standard InChI is InChI=1S/C15H12F3S.CHF3O3S/c1-9-6-7-13-12(8-9)11-5-3-4-10(2)14(11)19(13)15(16,17)18;2-1(3,4)8(5,6)7/h3-8H,1-2H3;(H,5,6,7)/q+1;/p-1. The molecule has 1 unspecified atom stereocenters. The second kappa shape index (κ2) is 6.95. The second-order valence-corrected chi connectivity index (χ2v) is 8.90. The van der Waals surface area contributed by atoms with E-state index in [2.05, 4.69) is 0 Å². The molecule has 1 aromatic heterocycles. The third-order valence-electron chi connectivity index (χ3n) is 3.58. The minimum absolute atomic E-state index is 0.405. The monoisotopic (exact) mass is 430 g/mol. The van der Waals surface area contributed by atoms with Crippen LogP contribution in [0.15, 0.2) is 36.4 Å². The molecule has 0 amide bonds. The van der Waals surface area contributed by atoms with Gasteiger partial charge in [-0.1, -0.05) is 23.8 Å². The number of benzene rings is 2. The van der Waals surface area contributed by atoms with Crippen molar-refractivity contribution in [2.75, 3.05) is 0 Å². The highest BCUT2D eigenvalue weighted by Gasteiger charge is 2.48. The first-order valence-electron chi connectivity index (χ1n) is 7.18. The zero-order valence-corrected chi connectivity index (χ0v) is 15.4. The zero-order chi connectivity index (χ0) is 20.8. The molecule has 1 heterocycles. The SMILES string of the molecule is Cc1ccc2c(c1)c1cccc(C)c1[s+]2C(F)(F)F.O=S(=O)([O-])C(F)(F)F. The Morgan fingerprint density at radius 1 is 0.926 bits per heavy atom. The van der Waals surface area contributed by atoms with Crippen LogP contribution in [0.2, 0.25) is 0 Å². The molecule has 0 saturated carbocycles. The van der Waals surface area contributed by atoms with Gasteiger partial charge in [-0.15, -0.1) is 13.2 Å². The van der Waals surface area contributed by atoms with E-state index in [1.54, 1.807) is 31.2 Å². The van der Waals surface area contributed by atoms with E-state index in [1.165, 1.54) is 0 Å². The number of aryl methyl sites for hydroxylation is 2. The summed E-state index contributed by atoms with van der Waals surface area (Å²) < 4.78 is 100.0. The molecule has 0 fully saturated rings.